The highest BCUT2D eigenvalue weighted by molar-refractivity contribution is 6.19. The number of aliphatic hydroxyl groups excluding tert-OH is 1. The molecule has 18 heavy (non-hydrogen) atoms. The fourth-order valence-corrected chi connectivity index (χ4v) is 1.55. The summed E-state index contributed by atoms with van der Waals surface area (Å²) in [7, 11) is 0. The standard InChI is InChI=1S/C13H18ClNO3/c1-3-18-12-5-4-11(6-10(12)8-16)15-13(17)9(2)7-14/h4-6,9,16H,3,7-8H2,1-2H3,(H,15,17). The number of hydrogen-bond acceptors (Lipinski definition) is 3. The predicted molar refractivity (Wildman–Crippen MR) is 72.0 cm³/mol. The van der Waals surface area contributed by atoms with Gasteiger partial charge in [-0.15, -0.1) is 11.6 Å². The maximum absolute atomic E-state index is 11.7. The van der Waals surface area contributed by atoms with Crippen LogP contribution in [0.5, 0.6) is 5.75 Å². The van der Waals surface area contributed by atoms with Crippen molar-refractivity contribution in [2.75, 3.05) is 17.8 Å². The Balaban J connectivity index is 2.82. The van der Waals surface area contributed by atoms with Crippen LogP contribution in [0, 0.1) is 5.92 Å². The van der Waals surface area contributed by atoms with Crippen LogP contribution in [-0.2, 0) is 11.4 Å². The van der Waals surface area contributed by atoms with Crippen molar-refractivity contribution in [2.45, 2.75) is 20.5 Å². The zero-order valence-electron chi connectivity index (χ0n) is 10.6. The molecule has 1 aromatic rings. The molecule has 1 atom stereocenters. The van der Waals surface area contributed by atoms with Crippen molar-refractivity contribution in [2.24, 2.45) is 5.92 Å². The monoisotopic (exact) mass is 271 g/mol. The molecule has 0 saturated heterocycles. The number of aliphatic hydroxyl groups is 1. The zero-order chi connectivity index (χ0) is 13.5. The molecule has 1 unspecified atom stereocenters. The van der Waals surface area contributed by atoms with Crippen LogP contribution < -0.4 is 10.1 Å². The molecule has 1 amide bonds. The lowest BCUT2D eigenvalue weighted by Gasteiger charge is -2.13. The maximum atomic E-state index is 11.7. The summed E-state index contributed by atoms with van der Waals surface area (Å²) in [6.07, 6.45) is 0. The van der Waals surface area contributed by atoms with Crippen molar-refractivity contribution in [1.29, 1.82) is 0 Å². The topological polar surface area (TPSA) is 58.6 Å². The van der Waals surface area contributed by atoms with Crippen LogP contribution >= 0.6 is 11.6 Å². The van der Waals surface area contributed by atoms with Crippen molar-refractivity contribution in [3.05, 3.63) is 23.8 Å². The average Bonchev–Trinajstić information content (AvgIpc) is 2.39. The third kappa shape index (κ3) is 3.89. The minimum Gasteiger partial charge on any atom is -0.494 e. The van der Waals surface area contributed by atoms with Crippen molar-refractivity contribution in [3.63, 3.8) is 0 Å². The number of amides is 1. The molecule has 100 valence electrons. The molecule has 0 aliphatic heterocycles. The van der Waals surface area contributed by atoms with Crippen molar-refractivity contribution in [1.82, 2.24) is 0 Å². The fourth-order valence-electron chi connectivity index (χ4n) is 1.41. The normalized spacial score (nSPS) is 12.0. The van der Waals surface area contributed by atoms with Gasteiger partial charge in [0.1, 0.15) is 5.75 Å². The molecule has 2 N–H and O–H groups in total. The highest BCUT2D eigenvalue weighted by Gasteiger charge is 2.12. The highest BCUT2D eigenvalue weighted by atomic mass is 35.5. The van der Waals surface area contributed by atoms with Gasteiger partial charge in [0, 0.05) is 23.0 Å². The first kappa shape index (κ1) is 14.8. The number of carbonyl (C=O) groups is 1. The van der Waals surface area contributed by atoms with E-state index in [-0.39, 0.29) is 24.3 Å². The van der Waals surface area contributed by atoms with Gasteiger partial charge in [-0.3, -0.25) is 4.79 Å². The van der Waals surface area contributed by atoms with Gasteiger partial charge >= 0.3 is 0 Å². The number of rotatable bonds is 6. The second kappa shape index (κ2) is 7.24. The van der Waals surface area contributed by atoms with E-state index < -0.39 is 0 Å². The lowest BCUT2D eigenvalue weighted by atomic mass is 10.1. The smallest absolute Gasteiger partial charge is 0.228 e. The van der Waals surface area contributed by atoms with E-state index in [1.54, 1.807) is 25.1 Å². The van der Waals surface area contributed by atoms with Gasteiger partial charge in [0.25, 0.3) is 0 Å². The van der Waals surface area contributed by atoms with Gasteiger partial charge in [0.15, 0.2) is 0 Å². The number of alkyl halides is 1. The molecule has 0 saturated carbocycles. The average molecular weight is 272 g/mol. The summed E-state index contributed by atoms with van der Waals surface area (Å²) in [6, 6.07) is 5.17. The van der Waals surface area contributed by atoms with Gasteiger partial charge in [-0.25, -0.2) is 0 Å². The first-order valence-corrected chi connectivity index (χ1v) is 6.39. The van der Waals surface area contributed by atoms with Crippen LogP contribution in [0.2, 0.25) is 0 Å². The lowest BCUT2D eigenvalue weighted by molar-refractivity contribution is -0.118. The Hall–Kier alpha value is -1.26. The molecule has 0 aliphatic rings. The molecule has 4 nitrogen and oxygen atoms in total. The number of carbonyl (C=O) groups excluding carboxylic acids is 1. The molecule has 0 heterocycles. The summed E-state index contributed by atoms with van der Waals surface area (Å²) in [6.45, 7) is 4.02. The molecule has 1 aromatic carbocycles. The summed E-state index contributed by atoms with van der Waals surface area (Å²) >= 11 is 5.62. The van der Waals surface area contributed by atoms with Gasteiger partial charge in [-0.05, 0) is 25.1 Å². The summed E-state index contributed by atoms with van der Waals surface area (Å²) in [5.41, 5.74) is 1.28. The Bertz CT molecular complexity index is 409. The zero-order valence-corrected chi connectivity index (χ0v) is 11.3. The second-order valence-electron chi connectivity index (χ2n) is 3.96. The molecule has 0 aliphatic carbocycles. The van der Waals surface area contributed by atoms with E-state index in [9.17, 15) is 9.90 Å². The maximum Gasteiger partial charge on any atom is 0.228 e. The largest absolute Gasteiger partial charge is 0.494 e. The third-order valence-electron chi connectivity index (χ3n) is 2.48. The van der Waals surface area contributed by atoms with E-state index >= 15 is 0 Å². The molecule has 0 radical (unpaired) electrons. The summed E-state index contributed by atoms with van der Waals surface area (Å²) < 4.78 is 5.36. The molecule has 0 fully saturated rings. The van der Waals surface area contributed by atoms with Crippen molar-refractivity contribution >= 4 is 23.2 Å². The molecule has 0 bridgehead atoms. The SMILES string of the molecule is CCOc1ccc(NC(=O)C(C)CCl)cc1CO. The Morgan fingerprint density at radius 2 is 2.28 bits per heavy atom. The second-order valence-corrected chi connectivity index (χ2v) is 4.27. The van der Waals surface area contributed by atoms with E-state index in [4.69, 9.17) is 16.3 Å². The summed E-state index contributed by atoms with van der Waals surface area (Å²) in [4.78, 5) is 11.7. The minimum atomic E-state index is -0.254. The number of hydrogen-bond donors (Lipinski definition) is 2. The number of anilines is 1. The third-order valence-corrected chi connectivity index (χ3v) is 2.94. The molecular formula is C13H18ClNO3. The molecule has 0 aromatic heterocycles. The van der Waals surface area contributed by atoms with Gasteiger partial charge in [-0.1, -0.05) is 6.92 Å². The van der Waals surface area contributed by atoms with Crippen molar-refractivity contribution < 1.29 is 14.6 Å². The van der Waals surface area contributed by atoms with Crippen molar-refractivity contribution in [3.8, 4) is 5.75 Å². The van der Waals surface area contributed by atoms with Gasteiger partial charge in [-0.2, -0.15) is 0 Å². The van der Waals surface area contributed by atoms with E-state index in [2.05, 4.69) is 5.32 Å². The van der Waals surface area contributed by atoms with Gasteiger partial charge in [0.2, 0.25) is 5.91 Å². The molecule has 0 spiro atoms. The van der Waals surface area contributed by atoms with Crippen LogP contribution in [0.1, 0.15) is 19.4 Å². The number of nitrogens with one attached hydrogen (secondary N) is 1. The predicted octanol–water partition coefficient (Wildman–Crippen LogP) is 2.39. The van der Waals surface area contributed by atoms with Gasteiger partial charge in [0.05, 0.1) is 13.2 Å². The van der Waals surface area contributed by atoms with Gasteiger partial charge < -0.3 is 15.2 Å². The number of halogens is 1. The molecule has 1 rings (SSSR count). The van der Waals surface area contributed by atoms with E-state index in [1.165, 1.54) is 0 Å². The highest BCUT2D eigenvalue weighted by Crippen LogP contribution is 2.23. The summed E-state index contributed by atoms with van der Waals surface area (Å²) in [5, 5.41) is 12.0. The summed E-state index contributed by atoms with van der Waals surface area (Å²) in [5.74, 6) is 0.507. The van der Waals surface area contributed by atoms with Crippen LogP contribution in [0.3, 0.4) is 0 Å². The Kier molecular flexibility index (Phi) is 5.95. The van der Waals surface area contributed by atoms with Crippen LogP contribution in [0.15, 0.2) is 18.2 Å². The first-order chi connectivity index (χ1) is 8.62. The van der Waals surface area contributed by atoms with Crippen LogP contribution in [0.4, 0.5) is 5.69 Å². The lowest BCUT2D eigenvalue weighted by Crippen LogP contribution is -2.21. The van der Waals surface area contributed by atoms with E-state index in [1.807, 2.05) is 6.92 Å². The van der Waals surface area contributed by atoms with E-state index in [0.717, 1.165) is 0 Å². The number of benzene rings is 1. The van der Waals surface area contributed by atoms with Crippen LogP contribution in [0.25, 0.3) is 0 Å². The Morgan fingerprint density at radius 1 is 1.56 bits per heavy atom. The fraction of sp³-hybridized carbons (Fsp3) is 0.462. The van der Waals surface area contributed by atoms with E-state index in [0.29, 0.717) is 23.6 Å². The first-order valence-electron chi connectivity index (χ1n) is 5.85. The quantitative estimate of drug-likeness (QED) is 0.781. The van der Waals surface area contributed by atoms with Crippen LogP contribution in [-0.4, -0.2) is 23.5 Å². The molecule has 5 heteroatoms. The Morgan fingerprint density at radius 3 is 2.83 bits per heavy atom. The minimum absolute atomic E-state index is 0.135. The number of ether oxygens (including phenoxy) is 1. The molecular weight excluding hydrogens is 254 g/mol. The Labute approximate surface area is 112 Å².